The number of benzene rings is 1. The Balaban J connectivity index is 1.94. The van der Waals surface area contributed by atoms with Gasteiger partial charge in [-0.25, -0.2) is 18.8 Å². The van der Waals surface area contributed by atoms with Gasteiger partial charge < -0.3 is 0 Å². The van der Waals surface area contributed by atoms with Gasteiger partial charge in [0.1, 0.15) is 11.6 Å². The molecule has 2 atom stereocenters. The van der Waals surface area contributed by atoms with Crippen LogP contribution in [0.4, 0.5) is 14.7 Å². The lowest BCUT2D eigenvalue weighted by atomic mass is 9.94. The van der Waals surface area contributed by atoms with Crippen molar-refractivity contribution in [2.75, 3.05) is 18.5 Å². The van der Waals surface area contributed by atoms with Crippen LogP contribution in [0.1, 0.15) is 49.4 Å². The van der Waals surface area contributed by atoms with Crippen LogP contribution < -0.4 is 11.0 Å². The molecule has 1 fully saturated rings. The van der Waals surface area contributed by atoms with E-state index in [1.165, 1.54) is 24.6 Å². The summed E-state index contributed by atoms with van der Waals surface area (Å²) in [4.78, 5) is 19.5. The molecule has 3 rings (SSSR count). The third-order valence-electron chi connectivity index (χ3n) is 4.95. The van der Waals surface area contributed by atoms with Crippen LogP contribution in [0.25, 0.3) is 0 Å². The van der Waals surface area contributed by atoms with Crippen LogP contribution in [0.15, 0.2) is 23.0 Å². The van der Waals surface area contributed by atoms with Crippen LogP contribution in [-0.2, 0) is 0 Å². The van der Waals surface area contributed by atoms with Gasteiger partial charge >= 0.3 is 0 Å². The van der Waals surface area contributed by atoms with E-state index in [2.05, 4.69) is 22.3 Å². The van der Waals surface area contributed by atoms with Crippen LogP contribution in [0.2, 0.25) is 0 Å². The minimum Gasteiger partial charge on any atom is -0.291 e. The van der Waals surface area contributed by atoms with E-state index >= 15 is 0 Å². The first-order valence-electron chi connectivity index (χ1n) is 8.93. The molecule has 2 aromatic rings. The molecule has 0 amide bonds. The molecule has 2 N–H and O–H groups in total. The highest BCUT2D eigenvalue weighted by Crippen LogP contribution is 2.29. The lowest BCUT2D eigenvalue weighted by Gasteiger charge is -2.31. The normalized spacial score (nSPS) is 19.3. The zero-order valence-electron chi connectivity index (χ0n) is 15.3. The predicted octanol–water partition coefficient (Wildman–Crippen LogP) is 3.57. The number of piperidine rings is 1. The number of hydrogen-bond donors (Lipinski definition) is 2. The standard InChI is InChI=1S/C19H24F2N4O/c1-11-6-5-9-25(10-11)24-19-22-17(13(3)18(26)23-19)12(2)16-14(20)7-4-8-15(16)21/h4,7-8,11-12H,5-6,9-10H2,1-3H3,(H2,22,23,24,26). The first kappa shape index (κ1) is 18.5. The van der Waals surface area contributed by atoms with Crippen molar-refractivity contribution in [3.63, 3.8) is 0 Å². The highest BCUT2D eigenvalue weighted by molar-refractivity contribution is 5.37. The summed E-state index contributed by atoms with van der Waals surface area (Å²) in [6, 6.07) is 3.75. The summed E-state index contributed by atoms with van der Waals surface area (Å²) < 4.78 is 28.3. The second kappa shape index (κ2) is 7.53. The van der Waals surface area contributed by atoms with Crippen LogP contribution in [-0.4, -0.2) is 28.1 Å². The van der Waals surface area contributed by atoms with Gasteiger partial charge in [-0.15, -0.1) is 0 Å². The molecule has 1 aromatic heterocycles. The van der Waals surface area contributed by atoms with Gasteiger partial charge in [-0.2, -0.15) is 0 Å². The van der Waals surface area contributed by atoms with Crippen molar-refractivity contribution in [2.45, 2.75) is 39.5 Å². The van der Waals surface area contributed by atoms with E-state index in [0.29, 0.717) is 23.1 Å². The maximum absolute atomic E-state index is 14.2. The van der Waals surface area contributed by atoms with Crippen LogP contribution in [0, 0.1) is 24.5 Å². The summed E-state index contributed by atoms with van der Waals surface area (Å²) in [7, 11) is 0. The number of anilines is 1. The van der Waals surface area contributed by atoms with Crippen LogP contribution >= 0.6 is 0 Å². The number of hydrogen-bond acceptors (Lipinski definition) is 4. The Morgan fingerprint density at radius 1 is 1.35 bits per heavy atom. The van der Waals surface area contributed by atoms with Gasteiger partial charge in [0.15, 0.2) is 0 Å². The summed E-state index contributed by atoms with van der Waals surface area (Å²) in [5.74, 6) is -1.11. The average Bonchev–Trinajstić information content (AvgIpc) is 2.57. The van der Waals surface area contributed by atoms with Crippen molar-refractivity contribution in [1.29, 1.82) is 0 Å². The zero-order valence-corrected chi connectivity index (χ0v) is 15.3. The number of aromatic nitrogens is 2. The van der Waals surface area contributed by atoms with Gasteiger partial charge in [0.05, 0.1) is 5.69 Å². The minimum atomic E-state index is -0.681. The van der Waals surface area contributed by atoms with E-state index in [9.17, 15) is 13.6 Å². The molecule has 1 aromatic carbocycles. The van der Waals surface area contributed by atoms with E-state index in [1.54, 1.807) is 13.8 Å². The number of nitrogens with zero attached hydrogens (tertiary/aromatic N) is 2. The van der Waals surface area contributed by atoms with Gasteiger partial charge in [0.25, 0.3) is 5.56 Å². The zero-order chi connectivity index (χ0) is 18.8. The van der Waals surface area contributed by atoms with E-state index in [4.69, 9.17) is 0 Å². The molecule has 1 aliphatic rings. The smallest absolute Gasteiger partial charge is 0.255 e. The maximum atomic E-state index is 14.2. The fraction of sp³-hybridized carbons (Fsp3) is 0.474. The molecule has 140 valence electrons. The van der Waals surface area contributed by atoms with E-state index in [0.717, 1.165) is 19.5 Å². The Hall–Kier alpha value is -2.28. The third kappa shape index (κ3) is 3.77. The Labute approximate surface area is 151 Å². The number of halogens is 2. The molecule has 26 heavy (non-hydrogen) atoms. The molecular weight excluding hydrogens is 338 g/mol. The van der Waals surface area contributed by atoms with Crippen LogP contribution in [0.3, 0.4) is 0 Å². The van der Waals surface area contributed by atoms with Gasteiger partial charge in [-0.3, -0.25) is 15.2 Å². The summed E-state index contributed by atoms with van der Waals surface area (Å²) in [6.45, 7) is 7.15. The molecule has 0 spiro atoms. The summed E-state index contributed by atoms with van der Waals surface area (Å²) in [5, 5.41) is 2.01. The molecule has 1 aliphatic heterocycles. The molecule has 7 heteroatoms. The summed E-state index contributed by atoms with van der Waals surface area (Å²) >= 11 is 0. The minimum absolute atomic E-state index is 0.0776. The predicted molar refractivity (Wildman–Crippen MR) is 97.1 cm³/mol. The topological polar surface area (TPSA) is 61.0 Å². The molecular formula is C19H24F2N4O. The number of H-pyrrole nitrogens is 1. The second-order valence-electron chi connectivity index (χ2n) is 7.09. The SMILES string of the molecule is Cc1c(C(C)c2c(F)cccc2F)nc(NN2CCCC(C)C2)[nH]c1=O. The van der Waals surface area contributed by atoms with Crippen molar-refractivity contribution in [3.8, 4) is 0 Å². The molecule has 0 radical (unpaired) electrons. The largest absolute Gasteiger partial charge is 0.291 e. The highest BCUT2D eigenvalue weighted by Gasteiger charge is 2.23. The molecule has 2 unspecified atom stereocenters. The van der Waals surface area contributed by atoms with Gasteiger partial charge in [0.2, 0.25) is 5.95 Å². The van der Waals surface area contributed by atoms with Crippen molar-refractivity contribution in [3.05, 3.63) is 57.0 Å². The fourth-order valence-electron chi connectivity index (χ4n) is 3.53. The average molecular weight is 362 g/mol. The Morgan fingerprint density at radius 2 is 2.04 bits per heavy atom. The maximum Gasteiger partial charge on any atom is 0.255 e. The van der Waals surface area contributed by atoms with Crippen molar-refractivity contribution < 1.29 is 8.78 Å². The first-order valence-corrected chi connectivity index (χ1v) is 8.93. The second-order valence-corrected chi connectivity index (χ2v) is 7.09. The van der Waals surface area contributed by atoms with E-state index in [1.807, 2.05) is 5.01 Å². The Morgan fingerprint density at radius 3 is 2.69 bits per heavy atom. The van der Waals surface area contributed by atoms with Gasteiger partial charge in [-0.05, 0) is 37.8 Å². The van der Waals surface area contributed by atoms with Gasteiger partial charge in [0, 0.05) is 30.1 Å². The lowest BCUT2D eigenvalue weighted by molar-refractivity contribution is 0.217. The molecule has 0 aliphatic carbocycles. The van der Waals surface area contributed by atoms with E-state index < -0.39 is 17.6 Å². The van der Waals surface area contributed by atoms with E-state index in [-0.39, 0.29) is 11.1 Å². The quantitative estimate of drug-likeness (QED) is 0.873. The summed E-state index contributed by atoms with van der Waals surface area (Å²) in [5.41, 5.74) is 3.47. The molecule has 0 bridgehead atoms. The van der Waals surface area contributed by atoms with Crippen LogP contribution in [0.5, 0.6) is 0 Å². The van der Waals surface area contributed by atoms with Crippen molar-refractivity contribution in [2.24, 2.45) is 5.92 Å². The first-order chi connectivity index (χ1) is 12.4. The molecule has 1 saturated heterocycles. The fourth-order valence-corrected chi connectivity index (χ4v) is 3.53. The number of nitrogens with one attached hydrogen (secondary N) is 2. The van der Waals surface area contributed by atoms with Crippen molar-refractivity contribution in [1.82, 2.24) is 15.0 Å². The van der Waals surface area contributed by atoms with Crippen molar-refractivity contribution >= 4 is 5.95 Å². The Kier molecular flexibility index (Phi) is 5.36. The number of rotatable bonds is 4. The molecule has 2 heterocycles. The molecule has 5 nitrogen and oxygen atoms in total. The Bertz CT molecular complexity index is 832. The third-order valence-corrected chi connectivity index (χ3v) is 4.95. The van der Waals surface area contributed by atoms with Gasteiger partial charge in [-0.1, -0.05) is 19.9 Å². The molecule has 0 saturated carbocycles. The number of aromatic amines is 1. The highest BCUT2D eigenvalue weighted by atomic mass is 19.1. The number of hydrazine groups is 1. The summed E-state index contributed by atoms with van der Waals surface area (Å²) in [6.07, 6.45) is 2.23. The lowest BCUT2D eigenvalue weighted by Crippen LogP contribution is -2.39. The monoisotopic (exact) mass is 362 g/mol.